The van der Waals surface area contributed by atoms with Crippen LogP contribution in [0.4, 0.5) is 18.9 Å². The fourth-order valence-electron chi connectivity index (χ4n) is 4.08. The maximum atomic E-state index is 13.4. The van der Waals surface area contributed by atoms with Crippen molar-refractivity contribution in [1.82, 2.24) is 9.80 Å². The van der Waals surface area contributed by atoms with Gasteiger partial charge in [-0.2, -0.15) is 13.2 Å². The predicted octanol–water partition coefficient (Wildman–Crippen LogP) is 3.77. The molecule has 31 heavy (non-hydrogen) atoms. The number of halogens is 3. The number of rotatable bonds is 8. The minimum Gasteiger partial charge on any atom is -0.378 e. The van der Waals surface area contributed by atoms with Gasteiger partial charge in [-0.15, -0.1) is 0 Å². The minimum atomic E-state index is -4.62. The van der Waals surface area contributed by atoms with E-state index in [9.17, 15) is 22.8 Å². The normalized spacial score (nSPS) is 19.5. The van der Waals surface area contributed by atoms with Gasteiger partial charge in [0.1, 0.15) is 0 Å². The minimum absolute atomic E-state index is 0.0184. The van der Waals surface area contributed by atoms with E-state index in [0.29, 0.717) is 13.0 Å². The average Bonchev–Trinajstić information content (AvgIpc) is 3.40. The molecule has 2 amide bonds. The monoisotopic (exact) mass is 441 g/mol. The first kappa shape index (κ1) is 23.5. The molecule has 6 nitrogen and oxygen atoms in total. The fraction of sp³-hybridized carbons (Fsp3) is 0.636. The number of alkyl halides is 3. The molecule has 1 N–H and O–H groups in total. The number of carbonyl (C=O) groups excluding carboxylic acids is 2. The zero-order valence-electron chi connectivity index (χ0n) is 17.8. The van der Waals surface area contributed by atoms with Crippen LogP contribution in [-0.2, 0) is 15.7 Å². The van der Waals surface area contributed by atoms with E-state index in [2.05, 4.69) is 5.32 Å². The Hall–Kier alpha value is -2.13. The summed E-state index contributed by atoms with van der Waals surface area (Å²) in [7, 11) is 1.57. The lowest BCUT2D eigenvalue weighted by atomic mass is 10.1. The molecule has 2 saturated heterocycles. The van der Waals surface area contributed by atoms with E-state index < -0.39 is 17.6 Å². The number of nitrogens with zero attached hydrogens (tertiary/aromatic N) is 2. The van der Waals surface area contributed by atoms with E-state index in [1.807, 2.05) is 4.90 Å². The molecule has 2 heterocycles. The predicted molar refractivity (Wildman–Crippen MR) is 111 cm³/mol. The van der Waals surface area contributed by atoms with Gasteiger partial charge in [-0.1, -0.05) is 0 Å². The van der Waals surface area contributed by atoms with E-state index in [4.69, 9.17) is 4.74 Å². The molecule has 2 aliphatic rings. The number of nitrogens with one attached hydrogen (secondary N) is 1. The molecule has 0 spiro atoms. The number of hydrogen-bond donors (Lipinski definition) is 1. The Morgan fingerprint density at radius 3 is 2.58 bits per heavy atom. The summed E-state index contributed by atoms with van der Waals surface area (Å²) in [5.41, 5.74) is -1.07. The summed E-state index contributed by atoms with van der Waals surface area (Å²) in [6.45, 7) is 2.91. The molecule has 0 aliphatic carbocycles. The van der Waals surface area contributed by atoms with Gasteiger partial charge in [-0.3, -0.25) is 14.5 Å². The van der Waals surface area contributed by atoms with Crippen molar-refractivity contribution in [2.24, 2.45) is 0 Å². The van der Waals surface area contributed by atoms with Crippen molar-refractivity contribution >= 4 is 17.5 Å². The van der Waals surface area contributed by atoms with Crippen LogP contribution in [0.3, 0.4) is 0 Å². The van der Waals surface area contributed by atoms with Crippen molar-refractivity contribution in [3.05, 3.63) is 29.3 Å². The third kappa shape index (κ3) is 6.93. The number of carbonyl (C=O) groups is 2. The number of hydrogen-bond acceptors (Lipinski definition) is 4. The number of anilines is 1. The maximum Gasteiger partial charge on any atom is 0.416 e. The van der Waals surface area contributed by atoms with Gasteiger partial charge in [0.25, 0.3) is 5.91 Å². The van der Waals surface area contributed by atoms with Crippen molar-refractivity contribution in [2.75, 3.05) is 45.2 Å². The van der Waals surface area contributed by atoms with Crippen LogP contribution in [0, 0.1) is 0 Å². The molecule has 1 atom stereocenters. The SMILES string of the molecule is CN(CCCC1CCCO1)C(=O)c1cc(NC(=O)CN2CCCC2)cc(C(F)(F)F)c1. The lowest BCUT2D eigenvalue weighted by Gasteiger charge is -2.20. The first-order chi connectivity index (χ1) is 14.7. The third-order valence-electron chi connectivity index (χ3n) is 5.75. The first-order valence-electron chi connectivity index (χ1n) is 10.8. The van der Waals surface area contributed by atoms with Crippen LogP contribution in [0.2, 0.25) is 0 Å². The highest BCUT2D eigenvalue weighted by molar-refractivity contribution is 5.98. The summed E-state index contributed by atoms with van der Waals surface area (Å²) in [6, 6.07) is 3.03. The van der Waals surface area contributed by atoms with E-state index in [1.54, 1.807) is 7.05 Å². The Balaban J connectivity index is 1.66. The van der Waals surface area contributed by atoms with Crippen LogP contribution in [0.5, 0.6) is 0 Å². The summed E-state index contributed by atoms with van der Waals surface area (Å²) in [4.78, 5) is 28.4. The average molecular weight is 441 g/mol. The Bertz CT molecular complexity index is 773. The van der Waals surface area contributed by atoms with Crippen molar-refractivity contribution in [3.8, 4) is 0 Å². The summed E-state index contributed by atoms with van der Waals surface area (Å²) >= 11 is 0. The van der Waals surface area contributed by atoms with Gasteiger partial charge in [0.2, 0.25) is 5.91 Å². The Kier molecular flexibility index (Phi) is 7.94. The molecule has 0 radical (unpaired) electrons. The van der Waals surface area contributed by atoms with Crippen LogP contribution < -0.4 is 5.32 Å². The van der Waals surface area contributed by atoms with E-state index in [0.717, 1.165) is 63.9 Å². The zero-order valence-corrected chi connectivity index (χ0v) is 17.8. The van der Waals surface area contributed by atoms with Gasteiger partial charge >= 0.3 is 6.18 Å². The summed E-state index contributed by atoms with van der Waals surface area (Å²) in [5.74, 6) is -0.891. The van der Waals surface area contributed by atoms with Crippen LogP contribution in [0.1, 0.15) is 54.4 Å². The molecule has 0 bridgehead atoms. The summed E-state index contributed by atoms with van der Waals surface area (Å²) < 4.78 is 45.7. The maximum absolute atomic E-state index is 13.4. The topological polar surface area (TPSA) is 61.9 Å². The Morgan fingerprint density at radius 1 is 1.19 bits per heavy atom. The van der Waals surface area contributed by atoms with Crippen LogP contribution in [-0.4, -0.2) is 67.6 Å². The lowest BCUT2D eigenvalue weighted by molar-refractivity contribution is -0.137. The smallest absolute Gasteiger partial charge is 0.378 e. The molecule has 1 aromatic carbocycles. The highest BCUT2D eigenvalue weighted by atomic mass is 19.4. The number of amides is 2. The molecule has 0 saturated carbocycles. The summed E-state index contributed by atoms with van der Waals surface area (Å²) in [5, 5.41) is 2.53. The molecular weight excluding hydrogens is 411 g/mol. The molecule has 9 heteroatoms. The molecule has 3 rings (SSSR count). The van der Waals surface area contributed by atoms with Crippen molar-refractivity contribution < 1.29 is 27.5 Å². The zero-order chi connectivity index (χ0) is 22.4. The number of likely N-dealkylation sites (tertiary alicyclic amines) is 1. The molecule has 172 valence electrons. The van der Waals surface area contributed by atoms with Gasteiger partial charge in [-0.05, 0) is 69.8 Å². The standard InChI is InChI=1S/C22H30F3N3O3/c1-27(8-4-6-19-7-5-11-31-19)21(30)16-12-17(22(23,24)25)14-18(13-16)26-20(29)15-28-9-2-3-10-28/h12-14,19H,2-11,15H2,1H3,(H,26,29). The highest BCUT2D eigenvalue weighted by Gasteiger charge is 2.32. The van der Waals surface area contributed by atoms with E-state index in [1.165, 1.54) is 11.0 Å². The van der Waals surface area contributed by atoms with Crippen molar-refractivity contribution in [3.63, 3.8) is 0 Å². The largest absolute Gasteiger partial charge is 0.416 e. The van der Waals surface area contributed by atoms with Gasteiger partial charge < -0.3 is 15.0 Å². The second kappa shape index (κ2) is 10.5. The van der Waals surface area contributed by atoms with Crippen molar-refractivity contribution in [1.29, 1.82) is 0 Å². The van der Waals surface area contributed by atoms with Crippen LogP contribution in [0.15, 0.2) is 18.2 Å². The second-order valence-corrected chi connectivity index (χ2v) is 8.33. The second-order valence-electron chi connectivity index (χ2n) is 8.33. The summed E-state index contributed by atoms with van der Waals surface area (Å²) in [6.07, 6.45) is 1.17. The molecular formula is C22H30F3N3O3. The fourth-order valence-corrected chi connectivity index (χ4v) is 4.08. The van der Waals surface area contributed by atoms with Gasteiger partial charge in [0, 0.05) is 31.5 Å². The molecule has 2 aliphatic heterocycles. The van der Waals surface area contributed by atoms with Gasteiger partial charge in [0.15, 0.2) is 0 Å². The van der Waals surface area contributed by atoms with Gasteiger partial charge in [-0.25, -0.2) is 0 Å². The highest BCUT2D eigenvalue weighted by Crippen LogP contribution is 2.32. The lowest BCUT2D eigenvalue weighted by Crippen LogP contribution is -2.31. The van der Waals surface area contributed by atoms with Crippen LogP contribution >= 0.6 is 0 Å². The van der Waals surface area contributed by atoms with E-state index in [-0.39, 0.29) is 29.8 Å². The quantitative estimate of drug-likeness (QED) is 0.667. The van der Waals surface area contributed by atoms with Crippen molar-refractivity contribution in [2.45, 2.75) is 50.8 Å². The molecule has 0 aromatic heterocycles. The number of ether oxygens (including phenoxy) is 1. The van der Waals surface area contributed by atoms with E-state index >= 15 is 0 Å². The Labute approximate surface area is 180 Å². The molecule has 1 aromatic rings. The molecule has 1 unspecified atom stereocenters. The number of benzene rings is 1. The first-order valence-corrected chi connectivity index (χ1v) is 10.8. The third-order valence-corrected chi connectivity index (χ3v) is 5.75. The molecule has 2 fully saturated rings. The Morgan fingerprint density at radius 2 is 1.94 bits per heavy atom. The van der Waals surface area contributed by atoms with Gasteiger partial charge in [0.05, 0.1) is 18.2 Å². The van der Waals surface area contributed by atoms with Crippen LogP contribution in [0.25, 0.3) is 0 Å².